The standard InChI is InChI=1S/C8H8O7S/c1-15-8(11)4-2-5(9)7(10)6(3-4)16(12,13)14/h2-3,9-10H,1H3,(H,12,13,14). The minimum absolute atomic E-state index is 0.314. The Morgan fingerprint density at radius 3 is 2.31 bits per heavy atom. The molecule has 0 heterocycles. The monoisotopic (exact) mass is 248 g/mol. The molecule has 0 bridgehead atoms. The van der Waals surface area contributed by atoms with Crippen LogP contribution in [0.25, 0.3) is 0 Å². The van der Waals surface area contributed by atoms with Crippen LogP contribution in [0.4, 0.5) is 0 Å². The molecule has 0 radical (unpaired) electrons. The van der Waals surface area contributed by atoms with Gasteiger partial charge in [0.1, 0.15) is 4.90 Å². The van der Waals surface area contributed by atoms with Crippen LogP contribution >= 0.6 is 0 Å². The van der Waals surface area contributed by atoms with Crippen LogP contribution in [-0.2, 0) is 14.9 Å². The number of esters is 1. The van der Waals surface area contributed by atoms with Crippen LogP contribution in [0.5, 0.6) is 11.5 Å². The summed E-state index contributed by atoms with van der Waals surface area (Å²) < 4.78 is 34.6. The van der Waals surface area contributed by atoms with Gasteiger partial charge in [-0.2, -0.15) is 8.42 Å². The molecule has 88 valence electrons. The lowest BCUT2D eigenvalue weighted by Gasteiger charge is -2.06. The maximum Gasteiger partial charge on any atom is 0.338 e. The smallest absolute Gasteiger partial charge is 0.338 e. The molecule has 1 aromatic rings. The highest BCUT2D eigenvalue weighted by atomic mass is 32.2. The number of hydrogen-bond donors (Lipinski definition) is 3. The van der Waals surface area contributed by atoms with Gasteiger partial charge < -0.3 is 14.9 Å². The zero-order chi connectivity index (χ0) is 12.5. The second-order valence-electron chi connectivity index (χ2n) is 2.81. The first-order valence-electron chi connectivity index (χ1n) is 3.89. The van der Waals surface area contributed by atoms with Gasteiger partial charge in [-0.1, -0.05) is 0 Å². The molecule has 0 amide bonds. The first-order chi connectivity index (χ1) is 7.27. The number of phenolic OH excluding ortho intramolecular Hbond substituents is 2. The molecule has 0 atom stereocenters. The zero-order valence-corrected chi connectivity index (χ0v) is 8.85. The van der Waals surface area contributed by atoms with Crippen molar-refractivity contribution in [2.24, 2.45) is 0 Å². The van der Waals surface area contributed by atoms with Crippen molar-refractivity contribution in [3.63, 3.8) is 0 Å². The number of carbonyl (C=O) groups is 1. The number of ether oxygens (including phenoxy) is 1. The highest BCUT2D eigenvalue weighted by Gasteiger charge is 2.22. The van der Waals surface area contributed by atoms with E-state index in [0.717, 1.165) is 13.2 Å². The van der Waals surface area contributed by atoms with E-state index in [1.54, 1.807) is 0 Å². The molecule has 0 aliphatic rings. The van der Waals surface area contributed by atoms with Gasteiger partial charge in [0, 0.05) is 0 Å². The Kier molecular flexibility index (Phi) is 3.06. The largest absolute Gasteiger partial charge is 0.504 e. The van der Waals surface area contributed by atoms with Gasteiger partial charge in [-0.05, 0) is 12.1 Å². The van der Waals surface area contributed by atoms with E-state index in [2.05, 4.69) is 4.74 Å². The number of benzene rings is 1. The van der Waals surface area contributed by atoms with Crippen LogP contribution in [-0.4, -0.2) is 36.3 Å². The van der Waals surface area contributed by atoms with Crippen molar-refractivity contribution in [3.05, 3.63) is 17.7 Å². The number of rotatable bonds is 2. The molecule has 16 heavy (non-hydrogen) atoms. The second-order valence-corrected chi connectivity index (χ2v) is 4.20. The van der Waals surface area contributed by atoms with Crippen molar-refractivity contribution in [1.29, 1.82) is 0 Å². The van der Waals surface area contributed by atoms with Gasteiger partial charge in [-0.25, -0.2) is 4.79 Å². The second kappa shape index (κ2) is 3.99. The average Bonchev–Trinajstić information content (AvgIpc) is 2.18. The lowest BCUT2D eigenvalue weighted by atomic mass is 10.2. The van der Waals surface area contributed by atoms with Crippen LogP contribution < -0.4 is 0 Å². The topological polar surface area (TPSA) is 121 Å². The molecule has 0 aliphatic heterocycles. The number of phenols is 2. The Hall–Kier alpha value is -1.80. The Balaban J connectivity index is 3.52. The zero-order valence-electron chi connectivity index (χ0n) is 8.04. The maximum atomic E-state index is 11.1. The summed E-state index contributed by atoms with van der Waals surface area (Å²) in [5.41, 5.74) is -0.314. The average molecular weight is 248 g/mol. The molecule has 0 spiro atoms. The number of carbonyl (C=O) groups excluding carboxylic acids is 1. The van der Waals surface area contributed by atoms with E-state index in [0.29, 0.717) is 6.07 Å². The summed E-state index contributed by atoms with van der Waals surface area (Å²) in [5.74, 6) is -2.80. The van der Waals surface area contributed by atoms with Gasteiger partial charge >= 0.3 is 5.97 Å². The Morgan fingerprint density at radius 2 is 1.88 bits per heavy atom. The number of methoxy groups -OCH3 is 1. The van der Waals surface area contributed by atoms with E-state index in [1.807, 2.05) is 0 Å². The van der Waals surface area contributed by atoms with E-state index in [9.17, 15) is 18.3 Å². The molecule has 0 saturated carbocycles. The van der Waals surface area contributed by atoms with Gasteiger partial charge in [-0.15, -0.1) is 0 Å². The molecule has 0 fully saturated rings. The highest BCUT2D eigenvalue weighted by Crippen LogP contribution is 2.33. The minimum Gasteiger partial charge on any atom is -0.504 e. The van der Waals surface area contributed by atoms with Crippen molar-refractivity contribution in [1.82, 2.24) is 0 Å². The first kappa shape index (κ1) is 12.3. The lowest BCUT2D eigenvalue weighted by Crippen LogP contribution is -2.05. The fourth-order valence-electron chi connectivity index (χ4n) is 1.03. The quantitative estimate of drug-likeness (QED) is 0.386. The van der Waals surface area contributed by atoms with Gasteiger partial charge in [0.05, 0.1) is 12.7 Å². The van der Waals surface area contributed by atoms with Crippen molar-refractivity contribution in [2.75, 3.05) is 7.11 Å². The van der Waals surface area contributed by atoms with Crippen molar-refractivity contribution >= 4 is 16.1 Å². The third-order valence-electron chi connectivity index (χ3n) is 1.75. The number of aromatic hydroxyl groups is 2. The van der Waals surface area contributed by atoms with Crippen LogP contribution in [0.1, 0.15) is 10.4 Å². The van der Waals surface area contributed by atoms with E-state index < -0.39 is 32.5 Å². The van der Waals surface area contributed by atoms with E-state index in [-0.39, 0.29) is 5.56 Å². The molecule has 0 unspecified atom stereocenters. The first-order valence-corrected chi connectivity index (χ1v) is 5.33. The number of hydrogen-bond acceptors (Lipinski definition) is 6. The van der Waals surface area contributed by atoms with Gasteiger partial charge in [-0.3, -0.25) is 4.55 Å². The molecule has 0 saturated heterocycles. The van der Waals surface area contributed by atoms with Crippen LogP contribution in [0.2, 0.25) is 0 Å². The highest BCUT2D eigenvalue weighted by molar-refractivity contribution is 7.86. The summed E-state index contributed by atoms with van der Waals surface area (Å²) in [6.45, 7) is 0. The fourth-order valence-corrected chi connectivity index (χ4v) is 1.65. The van der Waals surface area contributed by atoms with Gasteiger partial charge in [0.2, 0.25) is 0 Å². The Labute approximate surface area is 90.7 Å². The molecule has 1 aromatic carbocycles. The van der Waals surface area contributed by atoms with Crippen molar-refractivity contribution in [2.45, 2.75) is 4.90 Å². The fraction of sp³-hybridized carbons (Fsp3) is 0.125. The Morgan fingerprint density at radius 1 is 1.31 bits per heavy atom. The summed E-state index contributed by atoms with van der Waals surface area (Å²) >= 11 is 0. The molecule has 0 aliphatic carbocycles. The maximum absolute atomic E-state index is 11.1. The van der Waals surface area contributed by atoms with Gasteiger partial charge in [0.25, 0.3) is 10.1 Å². The van der Waals surface area contributed by atoms with Gasteiger partial charge in [0.15, 0.2) is 11.5 Å². The molecule has 7 nitrogen and oxygen atoms in total. The Bertz CT molecular complexity index is 532. The third kappa shape index (κ3) is 2.23. The SMILES string of the molecule is COC(=O)c1cc(O)c(O)c(S(=O)(=O)O)c1. The minimum atomic E-state index is -4.74. The summed E-state index contributed by atoms with van der Waals surface area (Å²) in [5, 5.41) is 18.3. The third-order valence-corrected chi connectivity index (χ3v) is 2.62. The van der Waals surface area contributed by atoms with E-state index >= 15 is 0 Å². The molecular weight excluding hydrogens is 240 g/mol. The van der Waals surface area contributed by atoms with Crippen LogP contribution in [0.3, 0.4) is 0 Å². The van der Waals surface area contributed by atoms with Crippen LogP contribution in [0.15, 0.2) is 17.0 Å². The molecule has 1 rings (SSSR count). The summed E-state index contributed by atoms with van der Waals surface area (Å²) in [6.07, 6.45) is 0. The summed E-state index contributed by atoms with van der Waals surface area (Å²) in [7, 11) is -3.68. The van der Waals surface area contributed by atoms with E-state index in [1.165, 1.54) is 0 Å². The van der Waals surface area contributed by atoms with Crippen molar-refractivity contribution < 1.29 is 32.7 Å². The van der Waals surface area contributed by atoms with Crippen molar-refractivity contribution in [3.8, 4) is 11.5 Å². The predicted molar refractivity (Wildman–Crippen MR) is 50.9 cm³/mol. The van der Waals surface area contributed by atoms with Crippen LogP contribution in [0, 0.1) is 0 Å². The molecule has 3 N–H and O–H groups in total. The molecule has 8 heteroatoms. The normalized spacial score (nSPS) is 11.1. The summed E-state index contributed by atoms with van der Waals surface area (Å²) in [6, 6.07) is 1.51. The lowest BCUT2D eigenvalue weighted by molar-refractivity contribution is 0.0600. The molecular formula is C8H8O7S. The van der Waals surface area contributed by atoms with E-state index in [4.69, 9.17) is 9.66 Å². The predicted octanol–water partition coefficient (Wildman–Crippen LogP) is 0.131. The molecule has 0 aromatic heterocycles. The summed E-state index contributed by atoms with van der Waals surface area (Å²) in [4.78, 5) is 10.1.